The summed E-state index contributed by atoms with van der Waals surface area (Å²) in [5.74, 6) is 1.31. The normalized spacial score (nSPS) is 16.2. The number of benzene rings is 1. The standard InChI is InChI=1S/C17H21FN4O2/c1-12(23)19-10-13-6-8-22(9-7-13)11-16-20-17(21-24-16)14-2-4-15(18)5-3-14/h2-5,13H,6-11H2,1H3,(H,19,23). The molecule has 2 heterocycles. The minimum Gasteiger partial charge on any atom is -0.356 e. The summed E-state index contributed by atoms with van der Waals surface area (Å²) in [7, 11) is 0. The van der Waals surface area contributed by atoms with E-state index in [4.69, 9.17) is 4.52 Å². The number of halogens is 1. The number of carbonyl (C=O) groups excluding carboxylic acids is 1. The monoisotopic (exact) mass is 332 g/mol. The fraction of sp³-hybridized carbons (Fsp3) is 0.471. The molecule has 1 amide bonds. The van der Waals surface area contributed by atoms with Gasteiger partial charge in [-0.05, 0) is 56.1 Å². The molecule has 1 aliphatic heterocycles. The van der Waals surface area contributed by atoms with Gasteiger partial charge in [0, 0.05) is 19.0 Å². The minimum atomic E-state index is -0.287. The molecule has 1 saturated heterocycles. The first-order valence-electron chi connectivity index (χ1n) is 8.15. The Morgan fingerprint density at radius 1 is 1.33 bits per heavy atom. The maximum absolute atomic E-state index is 13.0. The fourth-order valence-corrected chi connectivity index (χ4v) is 2.86. The Balaban J connectivity index is 1.51. The molecule has 1 N–H and O–H groups in total. The first-order valence-corrected chi connectivity index (χ1v) is 8.15. The Kier molecular flexibility index (Phi) is 5.20. The van der Waals surface area contributed by atoms with Gasteiger partial charge in [0.1, 0.15) is 5.82 Å². The minimum absolute atomic E-state index is 0.0246. The maximum Gasteiger partial charge on any atom is 0.241 e. The largest absolute Gasteiger partial charge is 0.356 e. The summed E-state index contributed by atoms with van der Waals surface area (Å²) in [5, 5.41) is 6.84. The molecule has 0 atom stereocenters. The van der Waals surface area contributed by atoms with Gasteiger partial charge >= 0.3 is 0 Å². The van der Waals surface area contributed by atoms with Crippen molar-refractivity contribution in [1.82, 2.24) is 20.4 Å². The molecule has 7 heteroatoms. The number of nitrogens with zero attached hydrogens (tertiary/aromatic N) is 3. The van der Waals surface area contributed by atoms with Crippen LogP contribution in [0.1, 0.15) is 25.7 Å². The van der Waals surface area contributed by atoms with Gasteiger partial charge in [0.15, 0.2) is 0 Å². The number of piperidine rings is 1. The number of likely N-dealkylation sites (tertiary alicyclic amines) is 1. The van der Waals surface area contributed by atoms with E-state index in [1.165, 1.54) is 12.1 Å². The highest BCUT2D eigenvalue weighted by Gasteiger charge is 2.21. The summed E-state index contributed by atoms with van der Waals surface area (Å²) in [6.07, 6.45) is 2.08. The summed E-state index contributed by atoms with van der Waals surface area (Å²) in [6, 6.07) is 6.03. The van der Waals surface area contributed by atoms with Gasteiger partial charge in [-0.2, -0.15) is 4.98 Å². The molecule has 128 valence electrons. The van der Waals surface area contributed by atoms with Crippen LogP contribution >= 0.6 is 0 Å². The van der Waals surface area contributed by atoms with E-state index in [-0.39, 0.29) is 11.7 Å². The molecule has 0 radical (unpaired) electrons. The Hall–Kier alpha value is -2.28. The smallest absolute Gasteiger partial charge is 0.241 e. The second-order valence-corrected chi connectivity index (χ2v) is 6.18. The third-order valence-electron chi connectivity index (χ3n) is 4.28. The summed E-state index contributed by atoms with van der Waals surface area (Å²) in [4.78, 5) is 17.6. The number of hydrogen-bond acceptors (Lipinski definition) is 5. The quantitative estimate of drug-likeness (QED) is 0.909. The van der Waals surface area contributed by atoms with Crippen LogP contribution in [-0.4, -0.2) is 40.6 Å². The van der Waals surface area contributed by atoms with E-state index >= 15 is 0 Å². The first-order chi connectivity index (χ1) is 11.6. The number of aromatic nitrogens is 2. The van der Waals surface area contributed by atoms with E-state index in [0.717, 1.165) is 38.0 Å². The molecule has 0 bridgehead atoms. The lowest BCUT2D eigenvalue weighted by molar-refractivity contribution is -0.119. The highest BCUT2D eigenvalue weighted by Crippen LogP contribution is 2.20. The lowest BCUT2D eigenvalue weighted by Gasteiger charge is -2.30. The van der Waals surface area contributed by atoms with Crippen molar-refractivity contribution in [3.63, 3.8) is 0 Å². The summed E-state index contributed by atoms with van der Waals surface area (Å²) >= 11 is 0. The molecule has 0 aliphatic carbocycles. The van der Waals surface area contributed by atoms with E-state index in [1.807, 2.05) is 0 Å². The van der Waals surface area contributed by atoms with Gasteiger partial charge in [-0.1, -0.05) is 5.16 Å². The molecule has 2 aromatic rings. The molecule has 1 aromatic carbocycles. The molecular formula is C17H21FN4O2. The van der Waals surface area contributed by atoms with E-state index in [0.29, 0.717) is 24.2 Å². The van der Waals surface area contributed by atoms with Crippen LogP contribution in [-0.2, 0) is 11.3 Å². The van der Waals surface area contributed by atoms with Crippen molar-refractivity contribution in [2.24, 2.45) is 5.92 Å². The predicted molar refractivity (Wildman–Crippen MR) is 86.4 cm³/mol. The number of rotatable bonds is 5. The Morgan fingerprint density at radius 2 is 2.04 bits per heavy atom. The van der Waals surface area contributed by atoms with E-state index < -0.39 is 0 Å². The summed E-state index contributed by atoms with van der Waals surface area (Å²) in [5.41, 5.74) is 0.736. The molecule has 3 rings (SSSR count). The number of nitrogens with one attached hydrogen (secondary N) is 1. The highest BCUT2D eigenvalue weighted by atomic mass is 19.1. The maximum atomic E-state index is 13.0. The Morgan fingerprint density at radius 3 is 2.71 bits per heavy atom. The molecular weight excluding hydrogens is 311 g/mol. The van der Waals surface area contributed by atoms with Gasteiger partial charge in [0.2, 0.25) is 17.6 Å². The van der Waals surface area contributed by atoms with Crippen LogP contribution in [0.4, 0.5) is 4.39 Å². The SMILES string of the molecule is CC(=O)NCC1CCN(Cc2nc(-c3ccc(F)cc3)no2)CC1. The Labute approximate surface area is 140 Å². The third kappa shape index (κ3) is 4.38. The second-order valence-electron chi connectivity index (χ2n) is 6.18. The highest BCUT2D eigenvalue weighted by molar-refractivity contribution is 5.72. The third-order valence-corrected chi connectivity index (χ3v) is 4.28. The van der Waals surface area contributed by atoms with Gasteiger partial charge in [0.05, 0.1) is 6.54 Å². The first kappa shape index (κ1) is 16.6. The van der Waals surface area contributed by atoms with Crippen LogP contribution in [0.3, 0.4) is 0 Å². The van der Waals surface area contributed by atoms with Crippen molar-refractivity contribution in [3.05, 3.63) is 36.0 Å². The van der Waals surface area contributed by atoms with Crippen LogP contribution in [0, 0.1) is 11.7 Å². The zero-order valence-corrected chi connectivity index (χ0v) is 13.7. The number of amides is 1. The molecule has 1 aliphatic rings. The topological polar surface area (TPSA) is 71.3 Å². The molecule has 24 heavy (non-hydrogen) atoms. The van der Waals surface area contributed by atoms with Gasteiger partial charge in [-0.25, -0.2) is 4.39 Å². The lowest BCUT2D eigenvalue weighted by atomic mass is 9.97. The van der Waals surface area contributed by atoms with Crippen LogP contribution in [0.25, 0.3) is 11.4 Å². The molecule has 6 nitrogen and oxygen atoms in total. The number of carbonyl (C=O) groups is 1. The molecule has 0 saturated carbocycles. The van der Waals surface area contributed by atoms with Crippen molar-refractivity contribution >= 4 is 5.91 Å². The zero-order chi connectivity index (χ0) is 16.9. The molecule has 1 aromatic heterocycles. The second kappa shape index (κ2) is 7.53. The molecule has 0 unspecified atom stereocenters. The van der Waals surface area contributed by atoms with Gasteiger partial charge in [-0.15, -0.1) is 0 Å². The Bertz CT molecular complexity index is 678. The van der Waals surface area contributed by atoms with Gasteiger partial charge in [-0.3, -0.25) is 9.69 Å². The zero-order valence-electron chi connectivity index (χ0n) is 13.7. The lowest BCUT2D eigenvalue weighted by Crippen LogP contribution is -2.37. The van der Waals surface area contributed by atoms with Crippen LogP contribution < -0.4 is 5.32 Å². The van der Waals surface area contributed by atoms with Crippen molar-refractivity contribution < 1.29 is 13.7 Å². The molecule has 1 fully saturated rings. The predicted octanol–water partition coefficient (Wildman–Crippen LogP) is 2.22. The van der Waals surface area contributed by atoms with Gasteiger partial charge < -0.3 is 9.84 Å². The summed E-state index contributed by atoms with van der Waals surface area (Å²) in [6.45, 7) is 4.79. The van der Waals surface area contributed by atoms with Crippen molar-refractivity contribution in [2.45, 2.75) is 26.3 Å². The fourth-order valence-electron chi connectivity index (χ4n) is 2.86. The number of hydrogen-bond donors (Lipinski definition) is 1. The van der Waals surface area contributed by atoms with Crippen molar-refractivity contribution in [2.75, 3.05) is 19.6 Å². The van der Waals surface area contributed by atoms with Crippen LogP contribution in [0.2, 0.25) is 0 Å². The van der Waals surface area contributed by atoms with E-state index in [2.05, 4.69) is 20.4 Å². The molecule has 0 spiro atoms. The average Bonchev–Trinajstić information content (AvgIpc) is 3.03. The van der Waals surface area contributed by atoms with E-state index in [1.54, 1.807) is 19.1 Å². The van der Waals surface area contributed by atoms with Crippen LogP contribution in [0.5, 0.6) is 0 Å². The van der Waals surface area contributed by atoms with Crippen LogP contribution in [0.15, 0.2) is 28.8 Å². The summed E-state index contributed by atoms with van der Waals surface area (Å²) < 4.78 is 18.3. The van der Waals surface area contributed by atoms with Gasteiger partial charge in [0.25, 0.3) is 0 Å². The van der Waals surface area contributed by atoms with E-state index in [9.17, 15) is 9.18 Å². The average molecular weight is 332 g/mol. The van der Waals surface area contributed by atoms with Crippen molar-refractivity contribution in [1.29, 1.82) is 0 Å². The van der Waals surface area contributed by atoms with Crippen molar-refractivity contribution in [3.8, 4) is 11.4 Å².